The topological polar surface area (TPSA) is 516 Å². The van der Waals surface area contributed by atoms with E-state index in [0.29, 0.717) is 62.9 Å². The molecule has 126 heavy (non-hydrogen) atoms. The Kier molecular flexibility index (Phi) is 76.2. The van der Waals surface area contributed by atoms with E-state index in [4.69, 9.17) is 71.1 Å². The number of benzene rings is 5. The number of carboxylic acid groups (broad SMARTS) is 10. The first-order valence-corrected chi connectivity index (χ1v) is 41.7. The summed E-state index contributed by atoms with van der Waals surface area (Å²) >= 11 is 0. The van der Waals surface area contributed by atoms with E-state index in [9.17, 15) is 71.4 Å². The Labute approximate surface area is 772 Å². The maximum Gasteiger partial charge on any atom is 0.410 e. The Balaban J connectivity index is -0.000000320. The zero-order valence-electron chi connectivity index (χ0n) is 76.3. The molecule has 1 amide bonds. The van der Waals surface area contributed by atoms with Crippen LogP contribution in [0.5, 0.6) is 0 Å². The quantitative estimate of drug-likeness (QED) is 0.0163. The van der Waals surface area contributed by atoms with Crippen molar-refractivity contribution in [1.29, 1.82) is 0 Å². The SMILES string of the molecule is CC(=O)[C@@H]([NH-])CO.CC(C)C(=O)O.CC(C)C[C@@H](C)C(=O)O.CC(C)C[C@H](C)C(=O)O.CC(C)[C@H](C)C(=O)O.CCC(=O)O.COCC[C@H](C)C(=O)O.C[C@@H](CC1CCCCC1)C(=O)O.C[C@@H](Cc1ccc(F)cc1)C(=O)O.C[C@H](C(=O)O)c1ccccc1.Fc1ccccc1.NCC=O.O=C(O)[C@@H]1CCCN1C(=O)OCC1c2ccccc2-c2ccccc21.[Ho]. The van der Waals surface area contributed by atoms with E-state index < -0.39 is 89.7 Å². The first-order valence-electron chi connectivity index (χ1n) is 41.7. The Morgan fingerprint density at radius 1 is 0.524 bits per heavy atom. The van der Waals surface area contributed by atoms with Crippen LogP contribution in [0.2, 0.25) is 0 Å². The smallest absolute Gasteiger partial charge is 0.410 e. The molecule has 29 nitrogen and oxygen atoms in total. The van der Waals surface area contributed by atoms with Crippen LogP contribution in [0.1, 0.15) is 229 Å². The van der Waals surface area contributed by atoms with Crippen molar-refractivity contribution in [3.05, 3.63) is 173 Å². The molecule has 0 bridgehead atoms. The van der Waals surface area contributed by atoms with Crippen LogP contribution in [-0.2, 0) is 73.4 Å². The van der Waals surface area contributed by atoms with Crippen LogP contribution < -0.4 is 5.73 Å². The van der Waals surface area contributed by atoms with Gasteiger partial charge in [0.25, 0.3) is 0 Å². The molecule has 5 aromatic carbocycles. The van der Waals surface area contributed by atoms with E-state index >= 15 is 0 Å². The van der Waals surface area contributed by atoms with Crippen LogP contribution in [0.3, 0.4) is 0 Å². The van der Waals surface area contributed by atoms with Crippen molar-refractivity contribution >= 4 is 77.9 Å². The minimum Gasteiger partial charge on any atom is -0.667 e. The van der Waals surface area contributed by atoms with Gasteiger partial charge in [-0.2, -0.15) is 0 Å². The molecule has 14 N–H and O–H groups in total. The normalized spacial score (nSPS) is 14.2. The molecule has 32 heteroatoms. The maximum atomic E-state index is 12.5. The van der Waals surface area contributed by atoms with Crippen LogP contribution in [0.15, 0.2) is 133 Å². The number of ether oxygens (including phenoxy) is 2. The second kappa shape index (κ2) is 75.5. The molecule has 1 saturated heterocycles. The van der Waals surface area contributed by atoms with Gasteiger partial charge in [0.05, 0.1) is 47.3 Å². The number of aliphatic hydroxyl groups is 1. The van der Waals surface area contributed by atoms with E-state index in [0.717, 1.165) is 41.5 Å². The number of nitrogens with zero attached hydrogens (tertiary/aromatic N) is 1. The fraction of sp³-hybridized carbons (Fsp3) is 0.543. The van der Waals surface area contributed by atoms with Crippen molar-refractivity contribution in [3.63, 3.8) is 0 Å². The van der Waals surface area contributed by atoms with E-state index in [1.165, 1.54) is 79.3 Å². The number of aliphatic hydroxyl groups excluding tert-OH is 1. The van der Waals surface area contributed by atoms with Gasteiger partial charge in [0.2, 0.25) is 0 Å². The maximum absolute atomic E-state index is 12.5. The first kappa shape index (κ1) is 127. The van der Waals surface area contributed by atoms with Crippen molar-refractivity contribution in [1.82, 2.24) is 4.90 Å². The number of amides is 1. The van der Waals surface area contributed by atoms with Gasteiger partial charge in [0, 0.05) is 83.5 Å². The van der Waals surface area contributed by atoms with Crippen molar-refractivity contribution < 1.29 is 174 Å². The number of carboxylic acids is 10. The summed E-state index contributed by atoms with van der Waals surface area (Å²) in [5.74, 6) is -8.52. The van der Waals surface area contributed by atoms with Gasteiger partial charge in [-0.05, 0) is 140 Å². The summed E-state index contributed by atoms with van der Waals surface area (Å²) in [6.45, 7) is 31.0. The third-order valence-corrected chi connectivity index (χ3v) is 18.8. The summed E-state index contributed by atoms with van der Waals surface area (Å²) in [5.41, 5.74) is 17.7. The molecule has 2 aliphatic carbocycles. The predicted molar refractivity (Wildman–Crippen MR) is 475 cm³/mol. The number of nitrogens with two attached hydrogens (primary N) is 1. The Bertz CT molecular complexity index is 3780. The van der Waals surface area contributed by atoms with Crippen molar-refractivity contribution in [2.45, 2.75) is 225 Å². The molecular weight excluding hydrogens is 1790 g/mol. The molecule has 715 valence electrons. The summed E-state index contributed by atoms with van der Waals surface area (Å²) in [7, 11) is 1.56. The average Bonchev–Trinajstić information content (AvgIpc) is 1.61. The minimum absolute atomic E-state index is 0. The number of methoxy groups -OCH3 is 1. The number of rotatable bonds is 28. The van der Waals surface area contributed by atoms with Crippen molar-refractivity contribution in [3.8, 4) is 11.1 Å². The molecule has 9 atom stereocenters. The van der Waals surface area contributed by atoms with Crippen LogP contribution in [0.25, 0.3) is 16.9 Å². The van der Waals surface area contributed by atoms with Gasteiger partial charge in [0.15, 0.2) is 0 Å². The van der Waals surface area contributed by atoms with Crippen LogP contribution in [0.4, 0.5) is 13.6 Å². The number of ketones is 1. The van der Waals surface area contributed by atoms with Crippen LogP contribution in [-0.4, -0.2) is 191 Å². The molecule has 1 aliphatic heterocycles. The number of carbonyl (C=O) groups excluding carboxylic acids is 3. The monoisotopic (exact) mass is 1930 g/mol. The van der Waals surface area contributed by atoms with Gasteiger partial charge in [-0.3, -0.25) is 48.1 Å². The number of carbonyl (C=O) groups is 13. The predicted octanol–water partition coefficient (Wildman–Crippen LogP) is 17.9. The van der Waals surface area contributed by atoms with E-state index in [2.05, 4.69) is 30.0 Å². The van der Waals surface area contributed by atoms with Gasteiger partial charge in [-0.15, -0.1) is 0 Å². The summed E-state index contributed by atoms with van der Waals surface area (Å²) in [6.07, 6.45) is 11.4. The van der Waals surface area contributed by atoms with Gasteiger partial charge >= 0.3 is 65.8 Å². The number of fused-ring (bicyclic) bond motifs is 3. The standard InChI is InChI=1S/C20H19NO4.C10H11FO2.C10H18O2.C9H10O2.2C7H14O2.C6H5F.C6H12O3.C6H12O2.C4H8NO2.C4H8O2.C3H6O2.C2H5NO.Ho/c22-19(23)18-10-5-11-21(18)20(24)25-12-17-15-8-3-1-6-13(15)14-7-2-4-9-16(14)17;1-7(10(12)13)6-8-2-4-9(11)5-3-8;1-8(10(11)12)7-9-5-3-2-4-6-9;1-7(9(10)11)8-5-3-2-4-6-8;2*1-5(2)4-6(3)7(8)9;7-6-4-2-1-3-5-6;1-5(6(7)8)3-4-9-2;1-4(2)5(3)6(7)8;1-3(7)4(5)2-6;1-3(2)4(5)6;1-2-3(4)5;3-1-2-4;/h1-4,6-9,17-18H,5,10-12H2,(H,22,23);2-5,7H,6H2,1H3,(H,12,13);8-9H,2-7H2,1H3,(H,11,12);2-7H,1H3,(H,10,11);2*5-6H,4H2,1-3H3,(H,8,9);1-5H;5H,3-4H2,1-2H3,(H,7,8);4-5H,1-3H3,(H,7,8);4-6H,2H2,1H3;3H,1-2H3,(H,5,6);2H2,1H3,(H,4,5);2H,1,3H2;/q;;;;;;;;;-1;;;;/t18-;7-;8-;7-;2*6-;;2*5-;4-;;;;/m000010.000..../s1. The van der Waals surface area contributed by atoms with E-state index in [1.54, 1.807) is 99.8 Å². The third kappa shape index (κ3) is 65.0. The second-order valence-electron chi connectivity index (χ2n) is 31.4. The molecule has 8 rings (SSSR count). The van der Waals surface area contributed by atoms with Crippen LogP contribution >= 0.6 is 0 Å². The first-order chi connectivity index (χ1) is 58.4. The molecule has 1 heterocycles. The molecule has 0 spiro atoms. The minimum atomic E-state index is -0.967. The molecule has 1 saturated carbocycles. The molecule has 0 unspecified atom stereocenters. The third-order valence-electron chi connectivity index (χ3n) is 18.8. The molecule has 1 radical (unpaired) electrons. The number of aliphatic carboxylic acids is 10. The van der Waals surface area contributed by atoms with Crippen molar-refractivity contribution in [2.75, 3.05) is 40.0 Å². The zero-order chi connectivity index (χ0) is 97.2. The van der Waals surface area contributed by atoms with Gasteiger partial charge in [-0.1, -0.05) is 251 Å². The number of nitrogens with one attached hydrogen (secondary N) is 1. The summed E-state index contributed by atoms with van der Waals surface area (Å²) in [6, 6.07) is 37.6. The zero-order valence-corrected chi connectivity index (χ0v) is 78.2. The van der Waals surface area contributed by atoms with Crippen LogP contribution in [0, 0.1) is 114 Å². The molecule has 5 aromatic rings. The molecule has 2 fully saturated rings. The molecule has 0 aromatic heterocycles. The number of halogens is 2. The molecular formula is C94H142F2HoN3O26-. The summed E-state index contributed by atoms with van der Waals surface area (Å²) < 4.78 is 34.6. The largest absolute Gasteiger partial charge is 0.667 e. The number of likely N-dealkylation sites (tertiary alicyclic amines) is 1. The number of hydrogen-bond acceptors (Lipinski definition) is 17. The Morgan fingerprint density at radius 2 is 0.921 bits per heavy atom. The number of hydrogen-bond donors (Lipinski definition) is 12. The van der Waals surface area contributed by atoms with E-state index in [-0.39, 0.29) is 129 Å². The second-order valence-corrected chi connectivity index (χ2v) is 31.4. The molecule has 3 aliphatic rings. The fourth-order valence-electron chi connectivity index (χ4n) is 10.8. The summed E-state index contributed by atoms with van der Waals surface area (Å²) in [5, 5.41) is 92.6. The van der Waals surface area contributed by atoms with Gasteiger partial charge in [-0.25, -0.2) is 18.4 Å². The van der Waals surface area contributed by atoms with Gasteiger partial charge < -0.3 is 86.7 Å². The Hall–Kier alpha value is -9.63. The Morgan fingerprint density at radius 3 is 1.21 bits per heavy atom. The van der Waals surface area contributed by atoms with Crippen molar-refractivity contribution in [2.24, 2.45) is 70.8 Å². The average molecular weight is 1930 g/mol. The number of Topliss-reactive ketones (excluding diaryl/α,β-unsaturated/α-hetero) is 1. The fourth-order valence-corrected chi connectivity index (χ4v) is 10.8. The van der Waals surface area contributed by atoms with Gasteiger partial charge in [0.1, 0.15) is 36.4 Å². The van der Waals surface area contributed by atoms with E-state index in [1.807, 2.05) is 103 Å². The summed E-state index contributed by atoms with van der Waals surface area (Å²) in [4.78, 5) is 135. The number of aldehydes is 1.